The molecular weight excluding hydrogens is 496 g/mol. The summed E-state index contributed by atoms with van der Waals surface area (Å²) in [4.78, 5) is 5.09. The van der Waals surface area contributed by atoms with Crippen molar-refractivity contribution in [3.05, 3.63) is 90.0 Å². The molecule has 2 aromatic carbocycles. The van der Waals surface area contributed by atoms with Gasteiger partial charge in [-0.1, -0.05) is 178 Å². The summed E-state index contributed by atoms with van der Waals surface area (Å²) >= 11 is 0. The van der Waals surface area contributed by atoms with Crippen LogP contribution in [0, 0.1) is 0 Å². The molecule has 2 nitrogen and oxygen atoms in total. The van der Waals surface area contributed by atoms with Crippen LogP contribution < -0.4 is 0 Å². The van der Waals surface area contributed by atoms with E-state index in [1.807, 2.05) is 0 Å². The number of hydrogen-bond donors (Lipinski definition) is 0. The van der Waals surface area contributed by atoms with E-state index in [-0.39, 0.29) is 5.41 Å². The first-order valence-corrected chi connectivity index (χ1v) is 17.3. The Hall–Kier alpha value is -2.35. The minimum Gasteiger partial charge on any atom is -0.335 e. The van der Waals surface area contributed by atoms with E-state index in [2.05, 4.69) is 98.4 Å². The van der Waals surface area contributed by atoms with Gasteiger partial charge in [-0.25, -0.2) is 4.98 Å². The monoisotopic (exact) mass is 556 g/mol. The molecule has 0 aliphatic heterocycles. The van der Waals surface area contributed by atoms with Crippen LogP contribution in [0.3, 0.4) is 0 Å². The summed E-state index contributed by atoms with van der Waals surface area (Å²) in [5.74, 6) is 1.68. The highest BCUT2D eigenvalue weighted by Crippen LogP contribution is 2.44. The summed E-state index contributed by atoms with van der Waals surface area (Å²) in [6.07, 6.45) is 28.4. The summed E-state index contributed by atoms with van der Waals surface area (Å²) < 4.78 is 2.49. The zero-order valence-corrected chi connectivity index (χ0v) is 26.8. The van der Waals surface area contributed by atoms with E-state index in [0.29, 0.717) is 5.92 Å². The molecule has 1 aromatic heterocycles. The molecule has 0 fully saturated rings. The van der Waals surface area contributed by atoms with E-state index in [1.54, 1.807) is 0 Å². The Labute approximate surface area is 253 Å². The summed E-state index contributed by atoms with van der Waals surface area (Å²) in [6, 6.07) is 22.4. The number of hydrogen-bond acceptors (Lipinski definition) is 1. The Bertz CT molecular complexity index is 1020. The molecular formula is C39H60N2. The molecule has 0 spiro atoms. The second kappa shape index (κ2) is 19.7. The molecule has 0 aliphatic carbocycles. The van der Waals surface area contributed by atoms with Gasteiger partial charge in [-0.15, -0.1) is 0 Å². The van der Waals surface area contributed by atoms with E-state index < -0.39 is 0 Å². The highest BCUT2D eigenvalue weighted by atomic mass is 15.1. The number of imidazole rings is 1. The topological polar surface area (TPSA) is 17.8 Å². The van der Waals surface area contributed by atoms with Crippen molar-refractivity contribution in [1.82, 2.24) is 9.55 Å². The van der Waals surface area contributed by atoms with Crippen molar-refractivity contribution in [1.29, 1.82) is 0 Å². The Morgan fingerprint density at radius 1 is 0.634 bits per heavy atom. The largest absolute Gasteiger partial charge is 0.335 e. The van der Waals surface area contributed by atoms with Crippen LogP contribution in [0.4, 0.5) is 0 Å². The smallest absolute Gasteiger partial charge is 0.112 e. The maximum absolute atomic E-state index is 5.09. The second-order valence-electron chi connectivity index (χ2n) is 12.7. The van der Waals surface area contributed by atoms with Crippen LogP contribution in [0.25, 0.3) is 0 Å². The van der Waals surface area contributed by atoms with Crippen molar-refractivity contribution in [2.75, 3.05) is 0 Å². The molecule has 0 radical (unpaired) electrons. The zero-order chi connectivity index (χ0) is 29.0. The molecule has 0 aliphatic rings. The van der Waals surface area contributed by atoms with E-state index in [9.17, 15) is 0 Å². The molecule has 1 heterocycles. The van der Waals surface area contributed by atoms with Gasteiger partial charge in [-0.05, 0) is 30.4 Å². The Morgan fingerprint density at radius 3 is 1.73 bits per heavy atom. The summed E-state index contributed by atoms with van der Waals surface area (Å²) in [6.45, 7) is 8.19. The van der Waals surface area contributed by atoms with Crippen LogP contribution in [-0.2, 0) is 18.4 Å². The van der Waals surface area contributed by atoms with Gasteiger partial charge in [0.2, 0.25) is 0 Å². The quantitative estimate of drug-likeness (QED) is 0.106. The number of aromatic nitrogens is 2. The van der Waals surface area contributed by atoms with Gasteiger partial charge in [0.25, 0.3) is 0 Å². The number of nitrogens with zero attached hydrogens (tertiary/aromatic N) is 2. The minimum absolute atomic E-state index is 0.0209. The maximum Gasteiger partial charge on any atom is 0.112 e. The van der Waals surface area contributed by atoms with Gasteiger partial charge in [-0.2, -0.15) is 0 Å². The van der Waals surface area contributed by atoms with Gasteiger partial charge in [0.1, 0.15) is 5.82 Å². The van der Waals surface area contributed by atoms with Gasteiger partial charge >= 0.3 is 0 Å². The summed E-state index contributed by atoms with van der Waals surface area (Å²) in [7, 11) is 0. The van der Waals surface area contributed by atoms with Crippen molar-refractivity contribution in [3.8, 4) is 0 Å². The van der Waals surface area contributed by atoms with Crippen LogP contribution >= 0.6 is 0 Å². The van der Waals surface area contributed by atoms with Crippen molar-refractivity contribution >= 4 is 0 Å². The lowest BCUT2D eigenvalue weighted by Gasteiger charge is -2.39. The molecule has 2 atom stereocenters. The highest BCUT2D eigenvalue weighted by Gasteiger charge is 2.39. The van der Waals surface area contributed by atoms with E-state index in [1.165, 1.54) is 126 Å². The molecule has 2 unspecified atom stereocenters. The Kier molecular flexibility index (Phi) is 15.9. The predicted octanol–water partition coefficient (Wildman–Crippen LogP) is 11.8. The van der Waals surface area contributed by atoms with Crippen molar-refractivity contribution < 1.29 is 0 Å². The second-order valence-corrected chi connectivity index (χ2v) is 12.7. The minimum atomic E-state index is -0.0209. The van der Waals surface area contributed by atoms with Crippen LogP contribution in [-0.4, -0.2) is 9.55 Å². The molecule has 0 saturated carbocycles. The lowest BCUT2D eigenvalue weighted by molar-refractivity contribution is 0.321. The van der Waals surface area contributed by atoms with E-state index in [0.717, 1.165) is 13.0 Å². The zero-order valence-electron chi connectivity index (χ0n) is 26.8. The molecule has 0 N–H and O–H groups in total. The predicted molar refractivity (Wildman–Crippen MR) is 179 cm³/mol. The van der Waals surface area contributed by atoms with Gasteiger partial charge < -0.3 is 4.57 Å². The Balaban J connectivity index is 1.68. The molecule has 0 bridgehead atoms. The van der Waals surface area contributed by atoms with Gasteiger partial charge in [0.05, 0.1) is 0 Å². The maximum atomic E-state index is 5.09. The third-order valence-corrected chi connectivity index (χ3v) is 9.27. The average molecular weight is 557 g/mol. The lowest BCUT2D eigenvalue weighted by atomic mass is 9.66. The first kappa shape index (κ1) is 33.2. The number of rotatable bonds is 23. The number of unbranched alkanes of at least 4 members (excludes halogenated alkanes) is 14. The molecule has 2 heteroatoms. The van der Waals surface area contributed by atoms with Crippen molar-refractivity contribution in [2.24, 2.45) is 0 Å². The third-order valence-electron chi connectivity index (χ3n) is 9.27. The van der Waals surface area contributed by atoms with Gasteiger partial charge in [0, 0.05) is 30.3 Å². The van der Waals surface area contributed by atoms with Gasteiger partial charge in [-0.3, -0.25) is 0 Å². The van der Waals surface area contributed by atoms with Gasteiger partial charge in [0.15, 0.2) is 0 Å². The number of aryl methyl sites for hydroxylation is 1. The fourth-order valence-corrected chi connectivity index (χ4v) is 6.72. The lowest BCUT2D eigenvalue weighted by Crippen LogP contribution is -2.35. The standard InChI is InChI=1S/C39H60N2/c1-4-6-8-10-11-12-13-14-15-16-17-24-30-37(38-40-31-33-41(38)32-25-9-7-5-2)39(3,36-28-22-19-23-29-36)34-35-26-20-18-21-27-35/h18-23,26-29,31,33,37H,4-17,24-25,30,32,34H2,1-3H3. The average Bonchev–Trinajstić information content (AvgIpc) is 3.46. The molecule has 41 heavy (non-hydrogen) atoms. The van der Waals surface area contributed by atoms with E-state index >= 15 is 0 Å². The number of benzene rings is 2. The Morgan fingerprint density at radius 2 is 1.15 bits per heavy atom. The fraction of sp³-hybridized carbons (Fsp3) is 0.615. The molecule has 3 aromatic rings. The molecule has 226 valence electrons. The van der Waals surface area contributed by atoms with Crippen molar-refractivity contribution in [3.63, 3.8) is 0 Å². The molecule has 0 saturated heterocycles. The van der Waals surface area contributed by atoms with Crippen molar-refractivity contribution in [2.45, 2.75) is 154 Å². The SMILES string of the molecule is CCCCCCCCCCCCCCC(c1nccn1CCCCCC)C(C)(Cc1ccccc1)c1ccccc1. The van der Waals surface area contributed by atoms with E-state index in [4.69, 9.17) is 4.98 Å². The van der Waals surface area contributed by atoms with Crippen LogP contribution in [0.1, 0.15) is 153 Å². The van der Waals surface area contributed by atoms with Crippen LogP contribution in [0.5, 0.6) is 0 Å². The summed E-state index contributed by atoms with van der Waals surface area (Å²) in [5.41, 5.74) is 2.83. The first-order valence-electron chi connectivity index (χ1n) is 17.3. The van der Waals surface area contributed by atoms with Crippen LogP contribution in [0.2, 0.25) is 0 Å². The molecule has 3 rings (SSSR count). The third kappa shape index (κ3) is 11.4. The molecule has 0 amide bonds. The summed E-state index contributed by atoms with van der Waals surface area (Å²) in [5, 5.41) is 0. The van der Waals surface area contributed by atoms with Crippen LogP contribution in [0.15, 0.2) is 73.1 Å². The highest BCUT2D eigenvalue weighted by molar-refractivity contribution is 5.33. The normalized spacial score (nSPS) is 13.7. The first-order chi connectivity index (χ1) is 20.2. The fourth-order valence-electron chi connectivity index (χ4n) is 6.72.